The van der Waals surface area contributed by atoms with E-state index in [1.807, 2.05) is 0 Å². The number of rotatable bonds is 7. The van der Waals surface area contributed by atoms with E-state index in [1.165, 1.54) is 39.0 Å². The highest BCUT2D eigenvalue weighted by Crippen LogP contribution is 2.42. The first-order valence-electron chi connectivity index (χ1n) is 10.00. The molecular formula is C24H22O9. The molecule has 33 heavy (non-hydrogen) atoms. The van der Waals surface area contributed by atoms with Gasteiger partial charge in [0.2, 0.25) is 0 Å². The highest BCUT2D eigenvalue weighted by atomic mass is 16.6. The van der Waals surface area contributed by atoms with Crippen LogP contribution in [0.1, 0.15) is 38.0 Å². The van der Waals surface area contributed by atoms with Crippen LogP contribution in [0, 0.1) is 0 Å². The molecule has 2 aromatic carbocycles. The maximum absolute atomic E-state index is 11.5. The van der Waals surface area contributed by atoms with E-state index in [0.717, 1.165) is 5.56 Å². The van der Waals surface area contributed by atoms with E-state index in [2.05, 4.69) is 0 Å². The number of hydrogen-bond acceptors (Lipinski definition) is 9. The maximum atomic E-state index is 11.5. The van der Waals surface area contributed by atoms with Crippen molar-refractivity contribution in [2.45, 2.75) is 33.0 Å². The third-order valence-corrected chi connectivity index (χ3v) is 4.46. The summed E-state index contributed by atoms with van der Waals surface area (Å²) in [6.07, 6.45) is 2.15. The van der Waals surface area contributed by atoms with Crippen molar-refractivity contribution >= 4 is 30.3 Å². The van der Waals surface area contributed by atoms with Gasteiger partial charge in [-0.15, -0.1) is 0 Å². The van der Waals surface area contributed by atoms with E-state index in [1.54, 1.807) is 30.3 Å². The minimum absolute atomic E-state index is 0.0326. The van der Waals surface area contributed by atoms with E-state index < -0.39 is 30.1 Å². The van der Waals surface area contributed by atoms with Gasteiger partial charge in [-0.05, 0) is 35.9 Å². The molecule has 1 heterocycles. The van der Waals surface area contributed by atoms with Crippen molar-refractivity contribution in [3.8, 4) is 23.0 Å². The lowest BCUT2D eigenvalue weighted by Gasteiger charge is -2.34. The quantitative estimate of drug-likeness (QED) is 0.269. The number of allylic oxidation sites excluding steroid dienone is 1. The predicted octanol–water partition coefficient (Wildman–Crippen LogP) is 3.19. The standard InChI is InChI=1S/C24H22O9/c1-14(26)29-13-23-24(33-20-8-6-17(5-4-10-25)11-21(20)32-23)18-7-9-19(30-15(2)27)22(12-18)31-16(3)28/h4-12,23-24H,13H2,1-3H3/b5-4+/t23-,24-/m1/s1. The highest BCUT2D eigenvalue weighted by Gasteiger charge is 2.35. The fourth-order valence-corrected chi connectivity index (χ4v) is 3.18. The average molecular weight is 454 g/mol. The first-order chi connectivity index (χ1) is 15.8. The van der Waals surface area contributed by atoms with Gasteiger partial charge in [0.15, 0.2) is 35.2 Å². The van der Waals surface area contributed by atoms with Crippen LogP contribution in [0.5, 0.6) is 23.0 Å². The molecule has 0 fully saturated rings. The molecule has 9 heteroatoms. The Morgan fingerprint density at radius 1 is 0.879 bits per heavy atom. The van der Waals surface area contributed by atoms with Crippen LogP contribution >= 0.6 is 0 Å². The van der Waals surface area contributed by atoms with Gasteiger partial charge in [0.25, 0.3) is 0 Å². The van der Waals surface area contributed by atoms with Crippen molar-refractivity contribution in [3.63, 3.8) is 0 Å². The largest absolute Gasteiger partial charge is 0.479 e. The molecule has 0 saturated carbocycles. The SMILES string of the molecule is CC(=O)OC[C@H]1Oc2cc(/C=C/C=O)ccc2O[C@@H]1c1ccc(OC(C)=O)c(OC(C)=O)c1. The van der Waals surface area contributed by atoms with Crippen molar-refractivity contribution in [1.82, 2.24) is 0 Å². The van der Waals surface area contributed by atoms with E-state index in [4.69, 9.17) is 23.7 Å². The van der Waals surface area contributed by atoms with E-state index in [9.17, 15) is 19.2 Å². The molecule has 2 aromatic rings. The topological polar surface area (TPSA) is 114 Å². The number of ether oxygens (including phenoxy) is 5. The second kappa shape index (κ2) is 10.4. The first kappa shape index (κ1) is 23.5. The Hall–Kier alpha value is -4.14. The van der Waals surface area contributed by atoms with Crippen LogP contribution in [0.25, 0.3) is 6.08 Å². The molecule has 0 N–H and O–H groups in total. The summed E-state index contributed by atoms with van der Waals surface area (Å²) in [6.45, 7) is 3.62. The van der Waals surface area contributed by atoms with Gasteiger partial charge in [-0.2, -0.15) is 0 Å². The molecule has 0 bridgehead atoms. The monoisotopic (exact) mass is 454 g/mol. The van der Waals surface area contributed by atoms with Gasteiger partial charge >= 0.3 is 17.9 Å². The van der Waals surface area contributed by atoms with Crippen molar-refractivity contribution in [2.24, 2.45) is 0 Å². The third kappa shape index (κ3) is 6.19. The number of carbonyl (C=O) groups excluding carboxylic acids is 4. The molecule has 0 unspecified atom stereocenters. The molecule has 0 aromatic heterocycles. The van der Waals surface area contributed by atoms with Crippen molar-refractivity contribution in [2.75, 3.05) is 6.61 Å². The summed E-state index contributed by atoms with van der Waals surface area (Å²) >= 11 is 0. The number of hydrogen-bond donors (Lipinski definition) is 0. The van der Waals surface area contributed by atoms with Gasteiger partial charge in [-0.1, -0.05) is 18.2 Å². The summed E-state index contributed by atoms with van der Waals surface area (Å²) < 4.78 is 27.7. The number of aldehydes is 1. The van der Waals surface area contributed by atoms with Crippen LogP contribution in [0.15, 0.2) is 42.5 Å². The second-order valence-corrected chi connectivity index (χ2v) is 7.09. The fraction of sp³-hybridized carbons (Fsp3) is 0.250. The van der Waals surface area contributed by atoms with Crippen LogP contribution in [-0.4, -0.2) is 36.9 Å². The third-order valence-electron chi connectivity index (χ3n) is 4.46. The van der Waals surface area contributed by atoms with Gasteiger partial charge in [0.05, 0.1) is 0 Å². The molecule has 172 valence electrons. The first-order valence-corrected chi connectivity index (χ1v) is 10.00. The zero-order chi connectivity index (χ0) is 24.0. The lowest BCUT2D eigenvalue weighted by atomic mass is 10.0. The molecule has 2 atom stereocenters. The van der Waals surface area contributed by atoms with Gasteiger partial charge in [0, 0.05) is 26.3 Å². The predicted molar refractivity (Wildman–Crippen MR) is 115 cm³/mol. The van der Waals surface area contributed by atoms with Crippen LogP contribution in [0.4, 0.5) is 0 Å². The van der Waals surface area contributed by atoms with E-state index in [-0.39, 0.29) is 18.1 Å². The van der Waals surface area contributed by atoms with Crippen LogP contribution < -0.4 is 18.9 Å². The minimum atomic E-state index is -0.742. The number of benzene rings is 2. The minimum Gasteiger partial charge on any atom is -0.479 e. The Morgan fingerprint density at radius 3 is 2.27 bits per heavy atom. The van der Waals surface area contributed by atoms with Crippen molar-refractivity contribution < 1.29 is 42.9 Å². The molecule has 3 rings (SSSR count). The summed E-state index contributed by atoms with van der Waals surface area (Å²) in [4.78, 5) is 44.9. The molecule has 9 nitrogen and oxygen atoms in total. The fourth-order valence-electron chi connectivity index (χ4n) is 3.18. The van der Waals surface area contributed by atoms with Crippen molar-refractivity contribution in [1.29, 1.82) is 0 Å². The Labute approximate surface area is 189 Å². The zero-order valence-corrected chi connectivity index (χ0v) is 18.2. The molecule has 0 saturated heterocycles. The molecule has 1 aliphatic heterocycles. The summed E-state index contributed by atoms with van der Waals surface area (Å²) in [5.74, 6) is -0.717. The van der Waals surface area contributed by atoms with E-state index in [0.29, 0.717) is 23.3 Å². The lowest BCUT2D eigenvalue weighted by molar-refractivity contribution is -0.146. The average Bonchev–Trinajstić information content (AvgIpc) is 2.76. The van der Waals surface area contributed by atoms with Crippen LogP contribution in [0.3, 0.4) is 0 Å². The number of esters is 3. The smallest absolute Gasteiger partial charge is 0.308 e. The van der Waals surface area contributed by atoms with Crippen LogP contribution in [0.2, 0.25) is 0 Å². The number of fused-ring (bicyclic) bond motifs is 1. The molecule has 0 amide bonds. The Bertz CT molecular complexity index is 1100. The summed E-state index contributed by atoms with van der Waals surface area (Å²) in [5, 5.41) is 0. The molecule has 0 radical (unpaired) electrons. The molecule has 0 spiro atoms. The van der Waals surface area contributed by atoms with Crippen LogP contribution in [-0.2, 0) is 23.9 Å². The van der Waals surface area contributed by atoms with Crippen molar-refractivity contribution in [3.05, 3.63) is 53.6 Å². The Morgan fingerprint density at radius 2 is 1.61 bits per heavy atom. The van der Waals surface area contributed by atoms with Gasteiger partial charge in [-0.25, -0.2) is 0 Å². The Balaban J connectivity index is 1.98. The molecule has 0 aliphatic carbocycles. The molecular weight excluding hydrogens is 432 g/mol. The zero-order valence-electron chi connectivity index (χ0n) is 18.2. The second-order valence-electron chi connectivity index (χ2n) is 7.09. The van der Waals surface area contributed by atoms with E-state index >= 15 is 0 Å². The maximum Gasteiger partial charge on any atom is 0.308 e. The normalized spacial score (nSPS) is 16.7. The summed E-state index contributed by atoms with van der Waals surface area (Å²) in [5.41, 5.74) is 1.26. The Kier molecular flexibility index (Phi) is 7.45. The van der Waals surface area contributed by atoms with Gasteiger partial charge < -0.3 is 23.7 Å². The van der Waals surface area contributed by atoms with Gasteiger partial charge in [0.1, 0.15) is 12.9 Å². The number of carbonyl (C=O) groups is 4. The summed E-state index contributed by atoms with van der Waals surface area (Å²) in [7, 11) is 0. The molecule has 1 aliphatic rings. The lowest BCUT2D eigenvalue weighted by Crippen LogP contribution is -2.37. The van der Waals surface area contributed by atoms with Gasteiger partial charge in [-0.3, -0.25) is 19.2 Å². The highest BCUT2D eigenvalue weighted by molar-refractivity contribution is 5.75. The summed E-state index contributed by atoms with van der Waals surface area (Å²) in [6, 6.07) is 9.74.